The molecule has 1 fully saturated rings. The third-order valence-electron chi connectivity index (χ3n) is 2.15. The summed E-state index contributed by atoms with van der Waals surface area (Å²) in [4.78, 5) is 15.4. The first-order valence-electron chi connectivity index (χ1n) is 4.55. The van der Waals surface area contributed by atoms with Crippen LogP contribution < -0.4 is 5.32 Å². The van der Waals surface area contributed by atoms with Gasteiger partial charge in [0.05, 0.1) is 0 Å². The van der Waals surface area contributed by atoms with Gasteiger partial charge < -0.3 is 5.32 Å². The van der Waals surface area contributed by atoms with E-state index in [4.69, 9.17) is 0 Å². The smallest absolute Gasteiger partial charge is 0.269 e. The van der Waals surface area contributed by atoms with E-state index in [1.54, 1.807) is 18.3 Å². The Labute approximate surface area is 109 Å². The number of hydrogen-bond acceptors (Lipinski definition) is 2. The average molecular weight is 416 g/mol. The maximum atomic E-state index is 11.4. The van der Waals surface area contributed by atoms with Gasteiger partial charge in [-0.05, 0) is 30.9 Å². The van der Waals surface area contributed by atoms with Gasteiger partial charge in [-0.3, -0.25) is 9.78 Å². The van der Waals surface area contributed by atoms with Gasteiger partial charge >= 0.3 is 0 Å². The molecule has 1 N–H and O–H groups in total. The van der Waals surface area contributed by atoms with Gasteiger partial charge in [0.15, 0.2) is 0 Å². The molecule has 1 aliphatic carbocycles. The van der Waals surface area contributed by atoms with E-state index in [-0.39, 0.29) is 38.4 Å². The maximum Gasteiger partial charge on any atom is 0.269 e. The van der Waals surface area contributed by atoms with Gasteiger partial charge in [0, 0.05) is 45.3 Å². The minimum Gasteiger partial charge on any atom is -0.350 e. The maximum absolute atomic E-state index is 11.4. The number of aromatic nitrogens is 1. The standard InChI is InChI=1S/C10H12N2O.U.H2/c13-10(12-7-8-4-5-8)9-3-1-2-6-11-9;;/h1-3,6,8H,4-5,7H2,(H,12,13);;1H. The van der Waals surface area contributed by atoms with Crippen LogP contribution in [0.3, 0.4) is 0 Å². The van der Waals surface area contributed by atoms with Crippen molar-refractivity contribution in [3.63, 3.8) is 0 Å². The van der Waals surface area contributed by atoms with Crippen LogP contribution >= 0.6 is 0 Å². The number of pyridine rings is 1. The number of hydrogen-bond donors (Lipinski definition) is 1. The van der Waals surface area contributed by atoms with Crippen molar-refractivity contribution in [3.8, 4) is 0 Å². The van der Waals surface area contributed by atoms with E-state index in [0.29, 0.717) is 11.6 Å². The summed E-state index contributed by atoms with van der Waals surface area (Å²) < 4.78 is 0. The molecule has 2 rings (SSSR count). The average Bonchev–Trinajstić information content (AvgIpc) is 2.99. The van der Waals surface area contributed by atoms with Crippen molar-refractivity contribution < 1.29 is 37.3 Å². The van der Waals surface area contributed by atoms with Gasteiger partial charge in [-0.2, -0.15) is 0 Å². The quantitative estimate of drug-likeness (QED) is 0.811. The fourth-order valence-corrected chi connectivity index (χ4v) is 1.15. The Morgan fingerprint density at radius 3 is 2.93 bits per heavy atom. The van der Waals surface area contributed by atoms with Gasteiger partial charge in [0.25, 0.3) is 5.91 Å². The summed E-state index contributed by atoms with van der Waals surface area (Å²) in [6.07, 6.45) is 4.14. The molecule has 0 unspecified atom stereocenters. The second-order valence-corrected chi connectivity index (χ2v) is 3.37. The Bertz CT molecular complexity index is 304. The molecule has 0 aromatic carbocycles. The molecule has 3 nitrogen and oxygen atoms in total. The second kappa shape index (κ2) is 5.53. The van der Waals surface area contributed by atoms with E-state index in [1.165, 1.54) is 12.8 Å². The van der Waals surface area contributed by atoms with Crippen LogP contribution in [-0.4, -0.2) is 17.4 Å². The van der Waals surface area contributed by atoms with E-state index >= 15 is 0 Å². The van der Waals surface area contributed by atoms with Crippen LogP contribution in [0.15, 0.2) is 24.4 Å². The number of carbonyl (C=O) groups excluding carboxylic acids is 1. The zero-order chi connectivity index (χ0) is 9.10. The van der Waals surface area contributed by atoms with E-state index in [9.17, 15) is 4.79 Å². The van der Waals surface area contributed by atoms with Crippen molar-refractivity contribution in [2.24, 2.45) is 5.92 Å². The molecule has 1 aliphatic rings. The molecule has 1 aromatic heterocycles. The van der Waals surface area contributed by atoms with Gasteiger partial charge in [-0.1, -0.05) is 6.07 Å². The largest absolute Gasteiger partial charge is 0.350 e. The fraction of sp³-hybridized carbons (Fsp3) is 0.400. The van der Waals surface area contributed by atoms with Crippen LogP contribution in [0.25, 0.3) is 0 Å². The van der Waals surface area contributed by atoms with Gasteiger partial charge in [-0.15, -0.1) is 0 Å². The summed E-state index contributed by atoms with van der Waals surface area (Å²) in [7, 11) is 0. The molecule has 1 saturated carbocycles. The summed E-state index contributed by atoms with van der Waals surface area (Å²) in [6, 6.07) is 5.35. The summed E-state index contributed by atoms with van der Waals surface area (Å²) in [5, 5.41) is 2.86. The molecule has 4 heteroatoms. The molecular weight excluding hydrogens is 402 g/mol. The minimum atomic E-state index is -0.0625. The number of rotatable bonds is 3. The van der Waals surface area contributed by atoms with Gasteiger partial charge in [0.2, 0.25) is 0 Å². The summed E-state index contributed by atoms with van der Waals surface area (Å²) in [5.74, 6) is 0.653. The molecule has 1 heterocycles. The van der Waals surface area contributed by atoms with Crippen molar-refractivity contribution in [2.45, 2.75) is 12.8 Å². The first-order chi connectivity index (χ1) is 6.36. The monoisotopic (exact) mass is 416 g/mol. The Kier molecular flexibility index (Phi) is 4.64. The van der Waals surface area contributed by atoms with Crippen molar-refractivity contribution in [1.29, 1.82) is 0 Å². The van der Waals surface area contributed by atoms with Gasteiger partial charge in [0.1, 0.15) is 5.69 Å². The van der Waals surface area contributed by atoms with Crippen LogP contribution in [0.5, 0.6) is 0 Å². The summed E-state index contributed by atoms with van der Waals surface area (Å²) in [6.45, 7) is 0.801. The van der Waals surface area contributed by atoms with Crippen LogP contribution in [-0.2, 0) is 0 Å². The van der Waals surface area contributed by atoms with Crippen molar-refractivity contribution in [1.82, 2.24) is 10.3 Å². The molecule has 0 saturated heterocycles. The molecular formula is C10H14N2OU. The number of nitrogens with one attached hydrogen (secondary N) is 1. The van der Waals surface area contributed by atoms with Crippen molar-refractivity contribution >= 4 is 5.91 Å². The van der Waals surface area contributed by atoms with Crippen LogP contribution in [0.1, 0.15) is 24.8 Å². The van der Waals surface area contributed by atoms with E-state index < -0.39 is 0 Å². The SMILES string of the molecule is O=C(NCC1CC1)c1ccccn1.[HH].[U]. The van der Waals surface area contributed by atoms with Crippen LogP contribution in [0, 0.1) is 37.0 Å². The number of carbonyl (C=O) groups is 1. The predicted molar refractivity (Wildman–Crippen MR) is 51.4 cm³/mol. The molecule has 1 amide bonds. The molecule has 74 valence electrons. The third kappa shape index (κ3) is 3.44. The predicted octanol–water partition coefficient (Wildman–Crippen LogP) is 1.47. The fourth-order valence-electron chi connectivity index (χ4n) is 1.15. The molecule has 1 aromatic rings. The van der Waals surface area contributed by atoms with E-state index in [0.717, 1.165) is 6.54 Å². The molecule has 0 aliphatic heterocycles. The topological polar surface area (TPSA) is 42.0 Å². The molecule has 0 bridgehead atoms. The normalized spacial score (nSPS) is 14.3. The summed E-state index contributed by atoms with van der Waals surface area (Å²) in [5.41, 5.74) is 0.503. The van der Waals surface area contributed by atoms with Crippen molar-refractivity contribution in [3.05, 3.63) is 30.1 Å². The van der Waals surface area contributed by atoms with Crippen LogP contribution in [0.2, 0.25) is 0 Å². The Morgan fingerprint density at radius 2 is 2.36 bits per heavy atom. The van der Waals surface area contributed by atoms with Crippen LogP contribution in [0.4, 0.5) is 0 Å². The Morgan fingerprint density at radius 1 is 1.57 bits per heavy atom. The molecule has 0 spiro atoms. The third-order valence-corrected chi connectivity index (χ3v) is 2.15. The number of nitrogens with zero attached hydrogens (tertiary/aromatic N) is 1. The second-order valence-electron chi connectivity index (χ2n) is 3.37. The van der Waals surface area contributed by atoms with E-state index in [2.05, 4.69) is 10.3 Å². The number of amides is 1. The van der Waals surface area contributed by atoms with Crippen molar-refractivity contribution in [2.75, 3.05) is 6.54 Å². The Hall–Kier alpha value is -0.328. The zero-order valence-corrected chi connectivity index (χ0v) is 12.0. The molecule has 0 radical (unpaired) electrons. The zero-order valence-electron chi connectivity index (χ0n) is 7.86. The molecule has 14 heavy (non-hydrogen) atoms. The minimum absolute atomic E-state index is 0. The molecule has 0 atom stereocenters. The first-order valence-corrected chi connectivity index (χ1v) is 4.55. The first kappa shape index (κ1) is 11.7. The Balaban J connectivity index is 0.000000980. The van der Waals surface area contributed by atoms with E-state index in [1.807, 2.05) is 6.07 Å². The summed E-state index contributed by atoms with van der Waals surface area (Å²) >= 11 is 0. The van der Waals surface area contributed by atoms with Gasteiger partial charge in [-0.25, -0.2) is 0 Å².